The first-order chi connectivity index (χ1) is 8.09. The van der Waals surface area contributed by atoms with E-state index in [2.05, 4.69) is 26.1 Å². The van der Waals surface area contributed by atoms with Crippen LogP contribution in [0.4, 0.5) is 0 Å². The third-order valence-electron chi connectivity index (χ3n) is 3.55. The molecule has 1 heterocycles. The van der Waals surface area contributed by atoms with E-state index in [1.165, 1.54) is 19.3 Å². The molecular weight excluding hydrogens is 212 g/mol. The molecule has 0 unspecified atom stereocenters. The second-order valence-corrected chi connectivity index (χ2v) is 5.75. The average Bonchev–Trinajstić information content (AvgIpc) is 2.29. The van der Waals surface area contributed by atoms with Crippen molar-refractivity contribution < 1.29 is 4.79 Å². The summed E-state index contributed by atoms with van der Waals surface area (Å²) in [5.74, 6) is 1.86. The number of nitrogens with zero attached hydrogens (tertiary/aromatic N) is 1. The Bertz CT molecular complexity index is 220. The average molecular weight is 240 g/mol. The van der Waals surface area contributed by atoms with Crippen LogP contribution in [0.15, 0.2) is 0 Å². The zero-order valence-electron chi connectivity index (χ0n) is 11.7. The first-order valence-electron chi connectivity index (χ1n) is 7.08. The van der Waals surface area contributed by atoms with Crippen LogP contribution in [0.3, 0.4) is 0 Å². The number of piperidine rings is 1. The maximum absolute atomic E-state index is 11.9. The molecule has 0 aromatic rings. The monoisotopic (exact) mass is 240 g/mol. The van der Waals surface area contributed by atoms with Crippen molar-refractivity contribution in [2.24, 2.45) is 11.8 Å². The summed E-state index contributed by atoms with van der Waals surface area (Å²) in [6.07, 6.45) is 4.20. The summed E-state index contributed by atoms with van der Waals surface area (Å²) in [5.41, 5.74) is 0. The molecule has 0 spiro atoms. The highest BCUT2D eigenvalue weighted by molar-refractivity contribution is 5.76. The summed E-state index contributed by atoms with van der Waals surface area (Å²) in [6.45, 7) is 10.5. The smallest absolute Gasteiger partial charge is 0.223 e. The molecule has 0 bridgehead atoms. The third kappa shape index (κ3) is 6.06. The lowest BCUT2D eigenvalue weighted by atomic mass is 9.99. The summed E-state index contributed by atoms with van der Waals surface area (Å²) in [7, 11) is 0. The van der Waals surface area contributed by atoms with Crippen LogP contribution in [0.25, 0.3) is 0 Å². The molecule has 3 nitrogen and oxygen atoms in total. The van der Waals surface area contributed by atoms with E-state index in [0.717, 1.165) is 38.0 Å². The van der Waals surface area contributed by atoms with Crippen molar-refractivity contribution in [3.63, 3.8) is 0 Å². The summed E-state index contributed by atoms with van der Waals surface area (Å²) >= 11 is 0. The maximum Gasteiger partial charge on any atom is 0.223 e. The third-order valence-corrected chi connectivity index (χ3v) is 3.55. The molecule has 0 radical (unpaired) electrons. The fourth-order valence-electron chi connectivity index (χ4n) is 2.13. The molecule has 1 rings (SSSR count). The minimum absolute atomic E-state index is 0.328. The van der Waals surface area contributed by atoms with Gasteiger partial charge in [-0.2, -0.15) is 0 Å². The van der Waals surface area contributed by atoms with Gasteiger partial charge in [-0.25, -0.2) is 0 Å². The fourth-order valence-corrected chi connectivity index (χ4v) is 2.13. The summed E-state index contributed by atoms with van der Waals surface area (Å²) in [5, 5.41) is 3.35. The van der Waals surface area contributed by atoms with Crippen LogP contribution in [0.5, 0.6) is 0 Å². The van der Waals surface area contributed by atoms with Crippen molar-refractivity contribution >= 4 is 5.91 Å². The molecule has 1 amide bonds. The Kier molecular flexibility index (Phi) is 6.56. The van der Waals surface area contributed by atoms with Crippen LogP contribution >= 0.6 is 0 Å². The van der Waals surface area contributed by atoms with Crippen molar-refractivity contribution in [2.45, 2.75) is 46.5 Å². The second-order valence-electron chi connectivity index (χ2n) is 5.75. The van der Waals surface area contributed by atoms with Gasteiger partial charge in [0.1, 0.15) is 0 Å². The lowest BCUT2D eigenvalue weighted by Crippen LogP contribution is -2.39. The van der Waals surface area contributed by atoms with Gasteiger partial charge in [-0.3, -0.25) is 4.79 Å². The summed E-state index contributed by atoms with van der Waals surface area (Å²) < 4.78 is 0. The standard InChI is InChI=1S/C14H28N2O/c1-12(2)4-8-15-9-5-14(17)16-10-6-13(3)7-11-16/h12-13,15H,4-11H2,1-3H3. The Balaban J connectivity index is 2.05. The Morgan fingerprint density at radius 2 is 1.94 bits per heavy atom. The molecule has 100 valence electrons. The predicted octanol–water partition coefficient (Wildman–Crippen LogP) is 2.27. The molecule has 0 atom stereocenters. The lowest BCUT2D eigenvalue weighted by Gasteiger charge is -2.30. The van der Waals surface area contributed by atoms with Crippen molar-refractivity contribution in [3.05, 3.63) is 0 Å². The molecule has 1 N–H and O–H groups in total. The van der Waals surface area contributed by atoms with Crippen LogP contribution in [-0.2, 0) is 4.79 Å². The minimum atomic E-state index is 0.328. The molecule has 1 aliphatic rings. The van der Waals surface area contributed by atoms with Gasteiger partial charge in [0, 0.05) is 26.1 Å². The van der Waals surface area contributed by atoms with Crippen molar-refractivity contribution in [1.82, 2.24) is 10.2 Å². The van der Waals surface area contributed by atoms with Gasteiger partial charge in [-0.05, 0) is 37.6 Å². The quantitative estimate of drug-likeness (QED) is 0.722. The van der Waals surface area contributed by atoms with Crippen LogP contribution in [-0.4, -0.2) is 37.0 Å². The molecular formula is C14H28N2O. The van der Waals surface area contributed by atoms with Crippen molar-refractivity contribution in [3.8, 4) is 0 Å². The van der Waals surface area contributed by atoms with Gasteiger partial charge in [-0.1, -0.05) is 20.8 Å². The van der Waals surface area contributed by atoms with Crippen LogP contribution in [0.2, 0.25) is 0 Å². The van der Waals surface area contributed by atoms with E-state index < -0.39 is 0 Å². The highest BCUT2D eigenvalue weighted by Crippen LogP contribution is 2.16. The Morgan fingerprint density at radius 1 is 1.29 bits per heavy atom. The van der Waals surface area contributed by atoms with Gasteiger partial charge in [0.2, 0.25) is 5.91 Å². The minimum Gasteiger partial charge on any atom is -0.343 e. The molecule has 0 aromatic heterocycles. The molecule has 1 fully saturated rings. The van der Waals surface area contributed by atoms with Gasteiger partial charge in [0.15, 0.2) is 0 Å². The van der Waals surface area contributed by atoms with Crippen molar-refractivity contribution in [2.75, 3.05) is 26.2 Å². The Labute approximate surface area is 106 Å². The Morgan fingerprint density at radius 3 is 2.53 bits per heavy atom. The number of carbonyl (C=O) groups excluding carboxylic acids is 1. The molecule has 1 aliphatic heterocycles. The molecule has 0 aliphatic carbocycles. The van der Waals surface area contributed by atoms with Crippen LogP contribution < -0.4 is 5.32 Å². The number of likely N-dealkylation sites (tertiary alicyclic amines) is 1. The summed E-state index contributed by atoms with van der Waals surface area (Å²) in [6, 6.07) is 0. The van der Waals surface area contributed by atoms with E-state index in [1.54, 1.807) is 0 Å². The van der Waals surface area contributed by atoms with Gasteiger partial charge >= 0.3 is 0 Å². The number of nitrogens with one attached hydrogen (secondary N) is 1. The topological polar surface area (TPSA) is 32.3 Å². The number of carbonyl (C=O) groups is 1. The van der Waals surface area contributed by atoms with E-state index in [-0.39, 0.29) is 0 Å². The molecule has 0 saturated carbocycles. The lowest BCUT2D eigenvalue weighted by molar-refractivity contribution is -0.132. The van der Waals surface area contributed by atoms with E-state index >= 15 is 0 Å². The van der Waals surface area contributed by atoms with Crippen LogP contribution in [0, 0.1) is 11.8 Å². The molecule has 3 heteroatoms. The second kappa shape index (κ2) is 7.70. The Hall–Kier alpha value is -0.570. The van der Waals surface area contributed by atoms with E-state index in [0.29, 0.717) is 12.3 Å². The maximum atomic E-state index is 11.9. The van der Waals surface area contributed by atoms with Crippen LogP contribution in [0.1, 0.15) is 46.5 Å². The zero-order chi connectivity index (χ0) is 12.7. The first kappa shape index (κ1) is 14.5. The molecule has 1 saturated heterocycles. The molecule has 17 heavy (non-hydrogen) atoms. The number of amides is 1. The molecule has 0 aromatic carbocycles. The van der Waals surface area contributed by atoms with Gasteiger partial charge in [0.05, 0.1) is 0 Å². The first-order valence-corrected chi connectivity index (χ1v) is 7.08. The highest BCUT2D eigenvalue weighted by atomic mass is 16.2. The largest absolute Gasteiger partial charge is 0.343 e. The highest BCUT2D eigenvalue weighted by Gasteiger charge is 2.19. The van der Waals surface area contributed by atoms with E-state index in [1.807, 2.05) is 4.90 Å². The predicted molar refractivity (Wildman–Crippen MR) is 71.9 cm³/mol. The number of rotatable bonds is 6. The SMILES string of the molecule is CC(C)CCNCCC(=O)N1CCC(C)CC1. The van der Waals surface area contributed by atoms with Gasteiger partial charge in [-0.15, -0.1) is 0 Å². The normalized spacial score (nSPS) is 17.8. The number of hydrogen-bond donors (Lipinski definition) is 1. The van der Waals surface area contributed by atoms with E-state index in [9.17, 15) is 4.79 Å². The van der Waals surface area contributed by atoms with Crippen molar-refractivity contribution in [1.29, 1.82) is 0 Å². The number of hydrogen-bond acceptors (Lipinski definition) is 2. The van der Waals surface area contributed by atoms with Gasteiger partial charge < -0.3 is 10.2 Å². The fraction of sp³-hybridized carbons (Fsp3) is 0.929. The summed E-state index contributed by atoms with van der Waals surface area (Å²) in [4.78, 5) is 13.9. The van der Waals surface area contributed by atoms with Gasteiger partial charge in [0.25, 0.3) is 0 Å². The van der Waals surface area contributed by atoms with E-state index in [4.69, 9.17) is 0 Å². The zero-order valence-corrected chi connectivity index (χ0v) is 11.7.